The number of aliphatic hydroxyl groups excluding tert-OH is 1. The molecular weight excluding hydrogens is 452 g/mol. The highest BCUT2D eigenvalue weighted by Crippen LogP contribution is 2.16. The van der Waals surface area contributed by atoms with Crippen LogP contribution < -0.4 is 5.32 Å². The number of rotatable bonds is 8. The number of ether oxygens (including phenoxy) is 1. The van der Waals surface area contributed by atoms with Gasteiger partial charge in [-0.3, -0.25) is 0 Å². The van der Waals surface area contributed by atoms with Crippen LogP contribution in [-0.4, -0.2) is 57.9 Å². The van der Waals surface area contributed by atoms with E-state index in [0.717, 1.165) is 17.6 Å². The van der Waals surface area contributed by atoms with Crippen LogP contribution in [0, 0.1) is 0 Å². The summed E-state index contributed by atoms with van der Waals surface area (Å²) in [4.78, 5) is 33.6. The molecule has 33 heavy (non-hydrogen) atoms. The molecule has 0 amide bonds. The molecule has 1 aromatic carbocycles. The molecule has 2 rings (SSSR count). The summed E-state index contributed by atoms with van der Waals surface area (Å²) in [6, 6.07) is 13.4. The van der Waals surface area contributed by atoms with Crippen molar-refractivity contribution >= 4 is 35.1 Å². The number of hydrogen-bond donors (Lipinski definition) is 4. The van der Waals surface area contributed by atoms with E-state index in [9.17, 15) is 9.90 Å². The number of esters is 1. The molecule has 178 valence electrons. The predicted octanol–water partition coefficient (Wildman–Crippen LogP) is 2.72. The van der Waals surface area contributed by atoms with Crippen LogP contribution in [0.15, 0.2) is 48.5 Å². The number of pyridine rings is 1. The fraction of sp³-hybridized carbons (Fsp3) is 0.304. The topological polar surface area (TPSA) is 146 Å². The second-order valence-electron chi connectivity index (χ2n) is 7.07. The van der Waals surface area contributed by atoms with Gasteiger partial charge in [-0.25, -0.2) is 19.4 Å². The lowest BCUT2D eigenvalue weighted by Gasteiger charge is -2.17. The summed E-state index contributed by atoms with van der Waals surface area (Å²) >= 11 is 5.86. The number of aromatic nitrogens is 1. The molecule has 0 fully saturated rings. The lowest BCUT2D eigenvalue weighted by Crippen LogP contribution is -2.32. The first kappa shape index (κ1) is 27.8. The number of aliphatic hydroxyl groups is 1. The quantitative estimate of drug-likeness (QED) is 0.194. The van der Waals surface area contributed by atoms with E-state index in [1.165, 1.54) is 18.7 Å². The van der Waals surface area contributed by atoms with Gasteiger partial charge in [0.25, 0.3) is 0 Å². The molecule has 9 nitrogen and oxygen atoms in total. The number of carbonyl (C=O) groups is 3. The molecular formula is C23H27ClN2O7. The Morgan fingerprint density at radius 1 is 1.12 bits per heavy atom. The zero-order chi connectivity index (χ0) is 25.0. The van der Waals surface area contributed by atoms with Crippen molar-refractivity contribution in [3.63, 3.8) is 0 Å². The van der Waals surface area contributed by atoms with Crippen LogP contribution in [0.25, 0.3) is 5.57 Å². The van der Waals surface area contributed by atoms with E-state index in [-0.39, 0.29) is 12.0 Å². The molecule has 2 atom stereocenters. The van der Waals surface area contributed by atoms with Crippen molar-refractivity contribution in [1.29, 1.82) is 0 Å². The number of benzene rings is 1. The summed E-state index contributed by atoms with van der Waals surface area (Å²) in [6.07, 6.45) is 1.58. The first-order valence-corrected chi connectivity index (χ1v) is 10.3. The van der Waals surface area contributed by atoms with Crippen molar-refractivity contribution in [2.24, 2.45) is 0 Å². The van der Waals surface area contributed by atoms with Gasteiger partial charge in [-0.1, -0.05) is 41.9 Å². The largest absolute Gasteiger partial charge is 0.473 e. The number of hydrogen-bond acceptors (Lipinski definition) is 7. The van der Waals surface area contributed by atoms with Gasteiger partial charge >= 0.3 is 17.9 Å². The average Bonchev–Trinajstić information content (AvgIpc) is 2.78. The molecule has 1 heterocycles. The molecule has 0 bridgehead atoms. The van der Waals surface area contributed by atoms with Crippen molar-refractivity contribution in [3.05, 3.63) is 70.5 Å². The molecule has 1 aromatic heterocycles. The normalized spacial score (nSPS) is 12.7. The Hall–Kier alpha value is -3.27. The maximum Gasteiger partial charge on any atom is 0.414 e. The Bertz CT molecular complexity index is 965. The van der Waals surface area contributed by atoms with E-state index < -0.39 is 18.0 Å². The van der Waals surface area contributed by atoms with E-state index >= 15 is 0 Å². The van der Waals surface area contributed by atoms with Crippen LogP contribution in [0.4, 0.5) is 0 Å². The fourth-order valence-electron chi connectivity index (χ4n) is 2.68. The van der Waals surface area contributed by atoms with E-state index in [4.69, 9.17) is 31.4 Å². The van der Waals surface area contributed by atoms with E-state index in [2.05, 4.69) is 22.0 Å². The van der Waals surface area contributed by atoms with Crippen molar-refractivity contribution < 1.29 is 34.4 Å². The molecule has 0 spiro atoms. The van der Waals surface area contributed by atoms with Crippen LogP contribution in [0.1, 0.15) is 36.8 Å². The molecule has 0 unspecified atom stereocenters. The Balaban J connectivity index is 0.000000801. The number of nitrogens with zero attached hydrogens (tertiary/aromatic N) is 1. The number of methoxy groups -OCH3 is 1. The van der Waals surface area contributed by atoms with Gasteiger partial charge in [0, 0.05) is 18.7 Å². The summed E-state index contributed by atoms with van der Waals surface area (Å²) in [5.41, 5.74) is 3.56. The first-order valence-electron chi connectivity index (χ1n) is 9.89. The van der Waals surface area contributed by atoms with Crippen molar-refractivity contribution in [3.8, 4) is 0 Å². The molecule has 0 aliphatic heterocycles. The second-order valence-corrected chi connectivity index (χ2v) is 7.46. The van der Waals surface area contributed by atoms with Crippen LogP contribution in [0.5, 0.6) is 0 Å². The summed E-state index contributed by atoms with van der Waals surface area (Å²) in [7, 11) is 1.36. The number of carboxylic acid groups (broad SMARTS) is 2. The van der Waals surface area contributed by atoms with Gasteiger partial charge < -0.3 is 25.4 Å². The summed E-state index contributed by atoms with van der Waals surface area (Å²) in [6.45, 7) is 4.34. The van der Waals surface area contributed by atoms with E-state index in [1.807, 2.05) is 31.2 Å². The molecule has 10 heteroatoms. The van der Waals surface area contributed by atoms with Gasteiger partial charge in [0.15, 0.2) is 0 Å². The third-order valence-electron chi connectivity index (χ3n) is 4.41. The second kappa shape index (κ2) is 14.0. The van der Waals surface area contributed by atoms with Crippen molar-refractivity contribution in [1.82, 2.24) is 10.3 Å². The van der Waals surface area contributed by atoms with Crippen molar-refractivity contribution in [2.45, 2.75) is 32.4 Å². The molecule has 4 N–H and O–H groups in total. The van der Waals surface area contributed by atoms with Gasteiger partial charge in [0.1, 0.15) is 11.3 Å². The number of nitrogens with one attached hydrogen (secondary N) is 1. The fourth-order valence-corrected chi connectivity index (χ4v) is 2.85. The Morgan fingerprint density at radius 3 is 2.24 bits per heavy atom. The predicted molar refractivity (Wildman–Crippen MR) is 123 cm³/mol. The summed E-state index contributed by atoms with van der Waals surface area (Å²) < 4.78 is 4.65. The Morgan fingerprint density at radius 2 is 1.73 bits per heavy atom. The SMILES string of the molecule is COC(=O)C=C(C)c1ccc(C[C@@H](C)NC[C@@H](O)c2cccc(Cl)n2)cc1.O=C(O)C(=O)O. The molecule has 0 aliphatic carbocycles. The van der Waals surface area contributed by atoms with Crippen LogP contribution in [-0.2, 0) is 25.5 Å². The minimum Gasteiger partial charge on any atom is -0.473 e. The maximum absolute atomic E-state index is 11.3. The van der Waals surface area contributed by atoms with Crippen molar-refractivity contribution in [2.75, 3.05) is 13.7 Å². The summed E-state index contributed by atoms with van der Waals surface area (Å²) in [5, 5.41) is 28.7. The highest BCUT2D eigenvalue weighted by atomic mass is 35.5. The monoisotopic (exact) mass is 478 g/mol. The van der Waals surface area contributed by atoms with Gasteiger partial charge in [0.05, 0.1) is 12.8 Å². The summed E-state index contributed by atoms with van der Waals surface area (Å²) in [5.74, 6) is -4.01. The number of carbonyl (C=O) groups excluding carboxylic acids is 1. The molecule has 0 aliphatic rings. The van der Waals surface area contributed by atoms with Gasteiger partial charge in [0.2, 0.25) is 0 Å². The lowest BCUT2D eigenvalue weighted by atomic mass is 10.0. The number of carboxylic acids is 2. The Kier molecular flexibility index (Phi) is 11.8. The smallest absolute Gasteiger partial charge is 0.414 e. The molecule has 0 saturated carbocycles. The van der Waals surface area contributed by atoms with Gasteiger partial charge in [-0.05, 0) is 49.1 Å². The maximum atomic E-state index is 11.3. The standard InChI is InChI=1S/C21H25ClN2O3.C2H2O4/c1-14(11-21(26)27-3)17-9-7-16(8-10-17)12-15(2)23-13-19(25)18-5-4-6-20(22)24-18;3-1(4)2(5)6/h4-11,15,19,23,25H,12-13H2,1-3H3;(H,3,4)(H,5,6)/t15-,19-;/m1./s1. The van der Waals surface area contributed by atoms with E-state index in [1.54, 1.807) is 18.2 Å². The minimum atomic E-state index is -1.82. The zero-order valence-corrected chi connectivity index (χ0v) is 19.2. The highest BCUT2D eigenvalue weighted by molar-refractivity contribution is 6.29. The molecule has 2 aromatic rings. The highest BCUT2D eigenvalue weighted by Gasteiger charge is 2.12. The average molecular weight is 479 g/mol. The van der Waals surface area contributed by atoms with Gasteiger partial charge in [-0.2, -0.15) is 0 Å². The minimum absolute atomic E-state index is 0.177. The van der Waals surface area contributed by atoms with Crippen LogP contribution in [0.3, 0.4) is 0 Å². The third-order valence-corrected chi connectivity index (χ3v) is 4.62. The zero-order valence-electron chi connectivity index (χ0n) is 18.5. The number of allylic oxidation sites excluding steroid dienone is 1. The molecule has 0 radical (unpaired) electrons. The first-order chi connectivity index (χ1) is 15.5. The molecule has 0 saturated heterocycles. The number of aliphatic carboxylic acids is 2. The van der Waals surface area contributed by atoms with E-state index in [0.29, 0.717) is 17.4 Å². The van der Waals surface area contributed by atoms with Gasteiger partial charge in [-0.15, -0.1) is 0 Å². The van der Waals surface area contributed by atoms with Crippen LogP contribution in [0.2, 0.25) is 5.15 Å². The lowest BCUT2D eigenvalue weighted by molar-refractivity contribution is -0.159. The number of halogens is 1. The third kappa shape index (κ3) is 10.7. The van der Waals surface area contributed by atoms with Crippen LogP contribution >= 0.6 is 11.6 Å². The Labute approximate surface area is 196 Å².